The van der Waals surface area contributed by atoms with Crippen LogP contribution in [0.15, 0.2) is 0 Å². The molecule has 0 rings (SSSR count). The molecule has 0 unspecified atom stereocenters. The number of carbonyl (C=O) groups excluding carboxylic acids is 2. The summed E-state index contributed by atoms with van der Waals surface area (Å²) >= 11 is 0. The Balaban J connectivity index is 4.41. The lowest BCUT2D eigenvalue weighted by Gasteiger charge is -2.31. The Morgan fingerprint density at radius 1 is 1.24 bits per heavy atom. The van der Waals surface area contributed by atoms with Gasteiger partial charge in [0, 0.05) is 18.5 Å². The van der Waals surface area contributed by atoms with Crippen molar-refractivity contribution in [1.29, 1.82) is 0 Å². The summed E-state index contributed by atoms with van der Waals surface area (Å²) in [7, 11) is 1.91. The molecular formula is C13H25NO3. The lowest BCUT2D eigenvalue weighted by molar-refractivity contribution is -0.154. The molecule has 0 aromatic rings. The molecule has 0 aliphatic rings. The van der Waals surface area contributed by atoms with E-state index in [0.717, 1.165) is 6.29 Å². The molecule has 100 valence electrons. The predicted molar refractivity (Wildman–Crippen MR) is 67.8 cm³/mol. The quantitative estimate of drug-likeness (QED) is 0.504. The molecule has 4 heteroatoms. The number of nitrogens with zero attached hydrogens (tertiary/aromatic N) is 1. The van der Waals surface area contributed by atoms with Crippen molar-refractivity contribution in [2.45, 2.75) is 34.6 Å². The lowest BCUT2D eigenvalue weighted by Crippen LogP contribution is -2.42. The van der Waals surface area contributed by atoms with Gasteiger partial charge in [-0.05, 0) is 27.8 Å². The van der Waals surface area contributed by atoms with Gasteiger partial charge in [0.25, 0.3) is 0 Å². The van der Waals surface area contributed by atoms with Gasteiger partial charge in [0.05, 0.1) is 12.0 Å². The molecule has 17 heavy (non-hydrogen) atoms. The molecule has 0 fully saturated rings. The zero-order valence-electron chi connectivity index (χ0n) is 11.9. The van der Waals surface area contributed by atoms with Crippen molar-refractivity contribution in [3.63, 3.8) is 0 Å². The van der Waals surface area contributed by atoms with Crippen molar-refractivity contribution in [2.24, 2.45) is 10.8 Å². The molecule has 0 saturated heterocycles. The van der Waals surface area contributed by atoms with E-state index in [4.69, 9.17) is 4.74 Å². The topological polar surface area (TPSA) is 46.6 Å². The zero-order valence-corrected chi connectivity index (χ0v) is 11.9. The summed E-state index contributed by atoms with van der Waals surface area (Å²) in [6.45, 7) is 10.9. The van der Waals surface area contributed by atoms with Crippen LogP contribution in [0.4, 0.5) is 0 Å². The molecule has 0 bridgehead atoms. The fourth-order valence-electron chi connectivity index (χ4n) is 1.85. The van der Waals surface area contributed by atoms with Gasteiger partial charge in [0.1, 0.15) is 6.29 Å². The van der Waals surface area contributed by atoms with Gasteiger partial charge < -0.3 is 14.4 Å². The van der Waals surface area contributed by atoms with Crippen molar-refractivity contribution < 1.29 is 14.3 Å². The molecule has 0 radical (unpaired) electrons. The third kappa shape index (κ3) is 5.82. The van der Waals surface area contributed by atoms with E-state index in [1.165, 1.54) is 0 Å². The van der Waals surface area contributed by atoms with Crippen LogP contribution in [-0.2, 0) is 14.3 Å². The van der Waals surface area contributed by atoms with Crippen LogP contribution in [-0.4, -0.2) is 43.9 Å². The number of carbonyl (C=O) groups is 2. The fourth-order valence-corrected chi connectivity index (χ4v) is 1.85. The summed E-state index contributed by atoms with van der Waals surface area (Å²) in [5, 5.41) is 0. The van der Waals surface area contributed by atoms with Crippen LogP contribution in [0.5, 0.6) is 0 Å². The first kappa shape index (κ1) is 16.1. The summed E-state index contributed by atoms with van der Waals surface area (Å²) in [4.78, 5) is 24.6. The van der Waals surface area contributed by atoms with E-state index in [2.05, 4.69) is 0 Å². The molecule has 0 aromatic carbocycles. The first-order valence-corrected chi connectivity index (χ1v) is 5.97. The summed E-state index contributed by atoms with van der Waals surface area (Å²) in [5.74, 6) is -0.198. The molecule has 0 heterocycles. The van der Waals surface area contributed by atoms with E-state index in [-0.39, 0.29) is 11.4 Å². The normalized spacial score (nSPS) is 12.6. The third-order valence-corrected chi connectivity index (χ3v) is 2.49. The van der Waals surface area contributed by atoms with E-state index in [9.17, 15) is 9.59 Å². The van der Waals surface area contributed by atoms with E-state index in [0.29, 0.717) is 19.7 Å². The Morgan fingerprint density at radius 2 is 1.76 bits per heavy atom. The van der Waals surface area contributed by atoms with Crippen molar-refractivity contribution >= 4 is 12.3 Å². The Morgan fingerprint density at radius 3 is 2.18 bits per heavy atom. The first-order valence-electron chi connectivity index (χ1n) is 5.97. The van der Waals surface area contributed by atoms with Gasteiger partial charge in [-0.2, -0.15) is 0 Å². The molecule has 0 atom stereocenters. The molecule has 0 saturated carbocycles. The van der Waals surface area contributed by atoms with Gasteiger partial charge in [-0.1, -0.05) is 13.8 Å². The molecule has 0 aliphatic carbocycles. The zero-order chi connectivity index (χ0) is 13.7. The smallest absolute Gasteiger partial charge is 0.312 e. The number of aldehydes is 1. The maximum Gasteiger partial charge on any atom is 0.312 e. The molecule has 4 nitrogen and oxygen atoms in total. The molecule has 0 aromatic heterocycles. The maximum atomic E-state index is 11.7. The van der Waals surface area contributed by atoms with Gasteiger partial charge in [-0.15, -0.1) is 0 Å². The minimum atomic E-state index is -0.552. The minimum absolute atomic E-state index is 0.198. The van der Waals surface area contributed by atoms with E-state index < -0.39 is 5.41 Å². The Labute approximate surface area is 104 Å². The summed E-state index contributed by atoms with van der Waals surface area (Å²) in [5.41, 5.74) is -0.941. The predicted octanol–water partition coefficient (Wildman–Crippen LogP) is 1.73. The van der Waals surface area contributed by atoms with Crippen LogP contribution in [0.25, 0.3) is 0 Å². The average molecular weight is 243 g/mol. The molecule has 0 amide bonds. The summed E-state index contributed by atoms with van der Waals surface area (Å²) < 4.78 is 5.03. The van der Waals surface area contributed by atoms with Gasteiger partial charge in [0.2, 0.25) is 0 Å². The standard InChI is InChI=1S/C13H25NO3/c1-7-17-11(16)13(4,5)9-14(6)8-12(2,3)10-15/h10H,7-9H2,1-6H3. The Kier molecular flexibility index (Phi) is 5.82. The van der Waals surface area contributed by atoms with E-state index in [1.807, 2.05) is 39.6 Å². The summed E-state index contributed by atoms with van der Waals surface area (Å²) in [6.07, 6.45) is 0.945. The average Bonchev–Trinajstić information content (AvgIpc) is 2.16. The number of rotatable bonds is 7. The van der Waals surface area contributed by atoms with E-state index >= 15 is 0 Å². The molecule has 0 aliphatic heterocycles. The van der Waals surface area contributed by atoms with Crippen molar-refractivity contribution in [3.05, 3.63) is 0 Å². The number of hydrogen-bond acceptors (Lipinski definition) is 4. The van der Waals surface area contributed by atoms with Crippen LogP contribution in [0, 0.1) is 10.8 Å². The Bertz CT molecular complexity index is 272. The first-order chi connectivity index (χ1) is 7.64. The molecule has 0 spiro atoms. The lowest BCUT2D eigenvalue weighted by atomic mass is 9.90. The van der Waals surface area contributed by atoms with Gasteiger partial charge in [0.15, 0.2) is 0 Å². The van der Waals surface area contributed by atoms with Crippen LogP contribution in [0.1, 0.15) is 34.6 Å². The van der Waals surface area contributed by atoms with Crippen LogP contribution in [0.3, 0.4) is 0 Å². The van der Waals surface area contributed by atoms with Gasteiger partial charge >= 0.3 is 5.97 Å². The van der Waals surface area contributed by atoms with Crippen LogP contribution in [0.2, 0.25) is 0 Å². The van der Waals surface area contributed by atoms with Crippen LogP contribution < -0.4 is 0 Å². The second-order valence-electron chi connectivity index (χ2n) is 5.88. The highest BCUT2D eigenvalue weighted by Crippen LogP contribution is 2.21. The molecular weight excluding hydrogens is 218 g/mol. The highest BCUT2D eigenvalue weighted by Gasteiger charge is 2.32. The number of hydrogen-bond donors (Lipinski definition) is 0. The van der Waals surface area contributed by atoms with E-state index in [1.54, 1.807) is 6.92 Å². The second kappa shape index (κ2) is 6.15. The summed E-state index contributed by atoms with van der Waals surface area (Å²) in [6, 6.07) is 0. The van der Waals surface area contributed by atoms with Crippen molar-refractivity contribution in [2.75, 3.05) is 26.7 Å². The van der Waals surface area contributed by atoms with Crippen molar-refractivity contribution in [3.8, 4) is 0 Å². The second-order valence-corrected chi connectivity index (χ2v) is 5.88. The van der Waals surface area contributed by atoms with Crippen LogP contribution >= 0.6 is 0 Å². The number of ether oxygens (including phenoxy) is 1. The monoisotopic (exact) mass is 243 g/mol. The minimum Gasteiger partial charge on any atom is -0.466 e. The van der Waals surface area contributed by atoms with Gasteiger partial charge in [-0.3, -0.25) is 4.79 Å². The fraction of sp³-hybridized carbons (Fsp3) is 0.846. The Hall–Kier alpha value is -0.900. The van der Waals surface area contributed by atoms with Crippen molar-refractivity contribution in [1.82, 2.24) is 4.90 Å². The maximum absolute atomic E-state index is 11.7. The van der Waals surface area contributed by atoms with Gasteiger partial charge in [-0.25, -0.2) is 0 Å². The number of esters is 1. The largest absolute Gasteiger partial charge is 0.466 e. The third-order valence-electron chi connectivity index (χ3n) is 2.49. The highest BCUT2D eigenvalue weighted by atomic mass is 16.5. The molecule has 0 N–H and O–H groups in total. The SMILES string of the molecule is CCOC(=O)C(C)(C)CN(C)CC(C)(C)C=O. The highest BCUT2D eigenvalue weighted by molar-refractivity contribution is 5.76.